The van der Waals surface area contributed by atoms with Crippen LogP contribution in [-0.2, 0) is 0 Å². The lowest BCUT2D eigenvalue weighted by atomic mass is 10.1. The van der Waals surface area contributed by atoms with Crippen molar-refractivity contribution in [3.05, 3.63) is 27.4 Å². The molecule has 0 bridgehead atoms. The van der Waals surface area contributed by atoms with Gasteiger partial charge >= 0.3 is 5.69 Å². The lowest BCUT2D eigenvalue weighted by Gasteiger charge is -2.29. The Kier molecular flexibility index (Phi) is 4.55. The van der Waals surface area contributed by atoms with Crippen LogP contribution < -0.4 is 4.90 Å². The van der Waals surface area contributed by atoms with Gasteiger partial charge in [-0.05, 0) is 12.8 Å². The van der Waals surface area contributed by atoms with Crippen molar-refractivity contribution < 1.29 is 10.0 Å². The van der Waals surface area contributed by atoms with Gasteiger partial charge in [-0.15, -0.1) is 0 Å². The fourth-order valence-corrected chi connectivity index (χ4v) is 2.58. The molecule has 2 heterocycles. The highest BCUT2D eigenvalue weighted by atomic mass is 35.5. The Labute approximate surface area is 116 Å². The monoisotopic (exact) mass is 285 g/mol. The van der Waals surface area contributed by atoms with Crippen molar-refractivity contribution in [1.82, 2.24) is 4.98 Å². The molecule has 7 heteroatoms. The topological polar surface area (TPSA) is 79.5 Å². The molecule has 0 aromatic carbocycles. The summed E-state index contributed by atoms with van der Waals surface area (Å²) >= 11 is 5.77. The zero-order valence-electron chi connectivity index (χ0n) is 10.5. The molecular weight excluding hydrogens is 270 g/mol. The predicted octanol–water partition coefficient (Wildman–Crippen LogP) is 2.38. The Morgan fingerprint density at radius 1 is 1.53 bits per heavy atom. The van der Waals surface area contributed by atoms with Gasteiger partial charge in [0.1, 0.15) is 0 Å². The van der Waals surface area contributed by atoms with E-state index in [0.29, 0.717) is 12.4 Å². The average Bonchev–Trinajstić information content (AvgIpc) is 2.63. The van der Waals surface area contributed by atoms with Gasteiger partial charge in [0.2, 0.25) is 5.82 Å². The van der Waals surface area contributed by atoms with Crippen LogP contribution in [0, 0.1) is 10.1 Å². The highest BCUT2D eigenvalue weighted by molar-refractivity contribution is 6.30. The predicted molar refractivity (Wildman–Crippen MR) is 72.6 cm³/mol. The van der Waals surface area contributed by atoms with Crippen molar-refractivity contribution in [2.24, 2.45) is 0 Å². The van der Waals surface area contributed by atoms with E-state index in [1.807, 2.05) is 4.90 Å². The molecule has 1 aliphatic rings. The zero-order chi connectivity index (χ0) is 13.8. The molecule has 19 heavy (non-hydrogen) atoms. The number of aliphatic hydroxyl groups excluding tert-OH is 1. The molecule has 1 fully saturated rings. The van der Waals surface area contributed by atoms with E-state index in [4.69, 9.17) is 11.6 Å². The van der Waals surface area contributed by atoms with Crippen LogP contribution in [0.2, 0.25) is 5.02 Å². The molecule has 1 aromatic heterocycles. The Balaban J connectivity index is 2.40. The Hall–Kier alpha value is -1.40. The minimum Gasteiger partial charge on any atom is -0.394 e. The Bertz CT molecular complexity index is 470. The highest BCUT2D eigenvalue weighted by Gasteiger charge is 2.28. The van der Waals surface area contributed by atoms with Crippen molar-refractivity contribution in [2.75, 3.05) is 18.1 Å². The van der Waals surface area contributed by atoms with Crippen molar-refractivity contribution in [3.63, 3.8) is 0 Å². The third-order valence-corrected chi connectivity index (χ3v) is 3.58. The second-order valence-corrected chi connectivity index (χ2v) is 5.07. The van der Waals surface area contributed by atoms with E-state index in [0.717, 1.165) is 25.7 Å². The van der Waals surface area contributed by atoms with Gasteiger partial charge in [0, 0.05) is 18.8 Å². The third kappa shape index (κ3) is 3.13. The van der Waals surface area contributed by atoms with E-state index >= 15 is 0 Å². The van der Waals surface area contributed by atoms with Gasteiger partial charge in [-0.3, -0.25) is 10.1 Å². The summed E-state index contributed by atoms with van der Waals surface area (Å²) in [5.41, 5.74) is -0.104. The van der Waals surface area contributed by atoms with Gasteiger partial charge in [-0.2, -0.15) is 0 Å². The summed E-state index contributed by atoms with van der Waals surface area (Å²) in [7, 11) is 0. The van der Waals surface area contributed by atoms with E-state index in [1.54, 1.807) is 0 Å². The molecule has 0 aliphatic carbocycles. The van der Waals surface area contributed by atoms with Crippen LogP contribution in [0.1, 0.15) is 25.7 Å². The molecule has 0 saturated carbocycles. The van der Waals surface area contributed by atoms with Gasteiger partial charge in [0.15, 0.2) is 0 Å². The number of halogens is 1. The summed E-state index contributed by atoms with van der Waals surface area (Å²) in [5.74, 6) is 0.301. The molecule has 2 rings (SSSR count). The summed E-state index contributed by atoms with van der Waals surface area (Å²) in [5, 5.41) is 20.8. The maximum absolute atomic E-state index is 11.1. The van der Waals surface area contributed by atoms with Gasteiger partial charge in [-0.1, -0.05) is 24.4 Å². The number of anilines is 1. The number of aromatic nitrogens is 1. The lowest BCUT2D eigenvalue weighted by Crippen LogP contribution is -2.38. The second-order valence-electron chi connectivity index (χ2n) is 4.63. The zero-order valence-corrected chi connectivity index (χ0v) is 11.2. The van der Waals surface area contributed by atoms with Crippen LogP contribution in [-0.4, -0.2) is 34.2 Å². The van der Waals surface area contributed by atoms with Crippen molar-refractivity contribution in [2.45, 2.75) is 31.7 Å². The minimum atomic E-state index is -0.479. The average molecular weight is 286 g/mol. The first kappa shape index (κ1) is 14.0. The number of hydrogen-bond acceptors (Lipinski definition) is 5. The SMILES string of the molecule is O=[N+]([O-])c1cc(Cl)cnc1N1CCCCCC1CO. The normalized spacial score (nSPS) is 20.1. The standard InChI is InChI=1S/C12H16ClN3O3/c13-9-6-11(16(18)19)12(14-7-9)15-5-3-1-2-4-10(15)8-17/h6-7,10,17H,1-5,8H2. The molecule has 0 radical (unpaired) electrons. The number of hydrogen-bond donors (Lipinski definition) is 1. The van der Waals surface area contributed by atoms with Crippen LogP contribution >= 0.6 is 11.6 Å². The van der Waals surface area contributed by atoms with Crippen LogP contribution in [0.5, 0.6) is 0 Å². The van der Waals surface area contributed by atoms with Gasteiger partial charge < -0.3 is 10.0 Å². The number of nitrogens with zero attached hydrogens (tertiary/aromatic N) is 3. The fraction of sp³-hybridized carbons (Fsp3) is 0.583. The van der Waals surface area contributed by atoms with Gasteiger partial charge in [0.05, 0.1) is 22.6 Å². The molecule has 104 valence electrons. The first-order chi connectivity index (χ1) is 9.13. The first-order valence-corrected chi connectivity index (χ1v) is 6.68. The number of rotatable bonds is 3. The molecular formula is C12H16ClN3O3. The maximum Gasteiger partial charge on any atom is 0.313 e. The quantitative estimate of drug-likeness (QED) is 0.681. The molecule has 1 atom stereocenters. The van der Waals surface area contributed by atoms with Gasteiger partial charge in [-0.25, -0.2) is 4.98 Å². The smallest absolute Gasteiger partial charge is 0.313 e. The molecule has 6 nitrogen and oxygen atoms in total. The van der Waals surface area contributed by atoms with Crippen molar-refractivity contribution >= 4 is 23.1 Å². The van der Waals surface area contributed by atoms with Crippen LogP contribution in [0.25, 0.3) is 0 Å². The van der Waals surface area contributed by atoms with Crippen LogP contribution in [0.3, 0.4) is 0 Å². The molecule has 1 aliphatic heterocycles. The Morgan fingerprint density at radius 2 is 2.32 bits per heavy atom. The number of nitro groups is 1. The molecule has 0 amide bonds. The van der Waals surface area contributed by atoms with E-state index in [1.165, 1.54) is 12.3 Å². The molecule has 1 saturated heterocycles. The summed E-state index contributed by atoms with van der Waals surface area (Å²) < 4.78 is 0. The number of aliphatic hydroxyl groups is 1. The van der Waals surface area contributed by atoms with Crippen LogP contribution in [0.15, 0.2) is 12.3 Å². The van der Waals surface area contributed by atoms with Crippen molar-refractivity contribution in [1.29, 1.82) is 0 Å². The summed E-state index contributed by atoms with van der Waals surface area (Å²) in [6.45, 7) is 0.641. The van der Waals surface area contributed by atoms with Crippen molar-refractivity contribution in [3.8, 4) is 0 Å². The largest absolute Gasteiger partial charge is 0.394 e. The van der Waals surface area contributed by atoms with E-state index in [2.05, 4.69) is 4.98 Å². The van der Waals surface area contributed by atoms with Crippen LogP contribution in [0.4, 0.5) is 11.5 Å². The second kappa shape index (κ2) is 6.16. The van der Waals surface area contributed by atoms with Gasteiger partial charge in [0.25, 0.3) is 0 Å². The lowest BCUT2D eigenvalue weighted by molar-refractivity contribution is -0.384. The first-order valence-electron chi connectivity index (χ1n) is 6.31. The molecule has 1 N–H and O–H groups in total. The minimum absolute atomic E-state index is 0.0263. The molecule has 1 aromatic rings. The molecule has 0 spiro atoms. The third-order valence-electron chi connectivity index (χ3n) is 3.37. The summed E-state index contributed by atoms with van der Waals surface area (Å²) in [4.78, 5) is 16.6. The van der Waals surface area contributed by atoms with E-state index in [9.17, 15) is 15.2 Å². The number of pyridine rings is 1. The van der Waals surface area contributed by atoms with E-state index < -0.39 is 4.92 Å². The molecule has 1 unspecified atom stereocenters. The summed E-state index contributed by atoms with van der Waals surface area (Å²) in [6.07, 6.45) is 5.25. The Morgan fingerprint density at radius 3 is 3.00 bits per heavy atom. The van der Waals surface area contributed by atoms with E-state index in [-0.39, 0.29) is 23.4 Å². The summed E-state index contributed by atoms with van der Waals surface area (Å²) in [6, 6.07) is 1.19. The fourth-order valence-electron chi connectivity index (χ4n) is 2.42. The maximum atomic E-state index is 11.1. The highest BCUT2D eigenvalue weighted by Crippen LogP contribution is 2.32.